The fraction of sp³-hybridized carbons (Fsp3) is 0.600. The van der Waals surface area contributed by atoms with E-state index in [1.54, 1.807) is 25.2 Å². The second kappa shape index (κ2) is 4.13. The number of aliphatic hydroxyl groups is 1. The first kappa shape index (κ1) is 11.2. The number of ether oxygens (including phenoxy) is 1. The molecule has 1 aliphatic carbocycles. The van der Waals surface area contributed by atoms with E-state index < -0.39 is 11.6 Å². The molecule has 0 spiro atoms. The smallest absolute Gasteiger partial charge is 0.100 e. The molecule has 4 nitrogen and oxygen atoms in total. The van der Waals surface area contributed by atoms with E-state index in [0.29, 0.717) is 12.3 Å². The fourth-order valence-corrected chi connectivity index (χ4v) is 1.52. The molecule has 0 heterocycles. The van der Waals surface area contributed by atoms with Crippen molar-refractivity contribution in [2.75, 3.05) is 6.61 Å². The highest BCUT2D eigenvalue weighted by Gasteiger charge is 2.38. The SMILES string of the molecule is CCOC1C=CC(N)=CC1(N)C(C)O. The molecule has 0 amide bonds. The van der Waals surface area contributed by atoms with E-state index in [0.717, 1.165) is 0 Å². The van der Waals surface area contributed by atoms with Gasteiger partial charge in [0.05, 0.1) is 11.6 Å². The van der Waals surface area contributed by atoms with Gasteiger partial charge in [0.25, 0.3) is 0 Å². The summed E-state index contributed by atoms with van der Waals surface area (Å²) < 4.78 is 5.44. The van der Waals surface area contributed by atoms with Crippen LogP contribution in [0.4, 0.5) is 0 Å². The van der Waals surface area contributed by atoms with Gasteiger partial charge < -0.3 is 21.3 Å². The predicted octanol–water partition coefficient (Wildman–Crippen LogP) is -0.118. The van der Waals surface area contributed by atoms with E-state index in [9.17, 15) is 5.11 Å². The van der Waals surface area contributed by atoms with Crippen molar-refractivity contribution < 1.29 is 9.84 Å². The lowest BCUT2D eigenvalue weighted by Gasteiger charge is -2.37. The number of hydrogen-bond donors (Lipinski definition) is 3. The van der Waals surface area contributed by atoms with Crippen LogP contribution >= 0.6 is 0 Å². The topological polar surface area (TPSA) is 81.5 Å². The molecule has 3 unspecified atom stereocenters. The van der Waals surface area contributed by atoms with Crippen LogP contribution in [0.5, 0.6) is 0 Å². The van der Waals surface area contributed by atoms with E-state index in [-0.39, 0.29) is 6.10 Å². The molecule has 0 aromatic heterocycles. The number of nitrogens with two attached hydrogens (primary N) is 2. The van der Waals surface area contributed by atoms with E-state index in [4.69, 9.17) is 16.2 Å². The monoisotopic (exact) mass is 198 g/mol. The average Bonchev–Trinajstić information content (AvgIpc) is 2.10. The Hall–Kier alpha value is -0.840. The van der Waals surface area contributed by atoms with Gasteiger partial charge in [0.2, 0.25) is 0 Å². The van der Waals surface area contributed by atoms with Crippen LogP contribution < -0.4 is 11.5 Å². The third-order valence-electron chi connectivity index (χ3n) is 2.44. The Balaban J connectivity index is 2.92. The lowest BCUT2D eigenvalue weighted by Crippen LogP contribution is -2.58. The van der Waals surface area contributed by atoms with Crippen LogP contribution in [-0.2, 0) is 4.74 Å². The minimum Gasteiger partial charge on any atom is -0.399 e. The molecule has 0 bridgehead atoms. The third kappa shape index (κ3) is 1.97. The van der Waals surface area contributed by atoms with Crippen LogP contribution in [0.1, 0.15) is 13.8 Å². The molecular formula is C10H18N2O2. The summed E-state index contributed by atoms with van der Waals surface area (Å²) in [6.07, 6.45) is 4.15. The number of hydrogen-bond acceptors (Lipinski definition) is 4. The van der Waals surface area contributed by atoms with Gasteiger partial charge in [-0.1, -0.05) is 6.08 Å². The molecule has 1 rings (SSSR count). The van der Waals surface area contributed by atoms with Crippen LogP contribution in [0.15, 0.2) is 23.9 Å². The number of allylic oxidation sites excluding steroid dienone is 1. The molecular weight excluding hydrogens is 180 g/mol. The molecule has 4 heteroatoms. The molecule has 0 fully saturated rings. The van der Waals surface area contributed by atoms with Crippen LogP contribution in [0, 0.1) is 0 Å². The molecule has 14 heavy (non-hydrogen) atoms. The van der Waals surface area contributed by atoms with Crippen LogP contribution in [0.3, 0.4) is 0 Å². The second-order valence-electron chi connectivity index (χ2n) is 3.56. The van der Waals surface area contributed by atoms with Crippen molar-refractivity contribution in [2.24, 2.45) is 11.5 Å². The van der Waals surface area contributed by atoms with Crippen LogP contribution in [0.2, 0.25) is 0 Å². The van der Waals surface area contributed by atoms with Gasteiger partial charge in [-0.2, -0.15) is 0 Å². The minimum atomic E-state index is -0.922. The highest BCUT2D eigenvalue weighted by Crippen LogP contribution is 2.23. The average molecular weight is 198 g/mol. The summed E-state index contributed by atoms with van der Waals surface area (Å²) in [4.78, 5) is 0. The second-order valence-corrected chi connectivity index (χ2v) is 3.56. The third-order valence-corrected chi connectivity index (χ3v) is 2.44. The molecule has 1 aliphatic rings. The van der Waals surface area contributed by atoms with Gasteiger partial charge in [-0.05, 0) is 26.0 Å². The first-order valence-corrected chi connectivity index (χ1v) is 4.75. The van der Waals surface area contributed by atoms with Gasteiger partial charge in [-0.3, -0.25) is 0 Å². The van der Waals surface area contributed by atoms with Crippen LogP contribution in [-0.4, -0.2) is 29.5 Å². The Morgan fingerprint density at radius 1 is 1.71 bits per heavy atom. The lowest BCUT2D eigenvalue weighted by atomic mass is 9.83. The Kier molecular flexibility index (Phi) is 3.31. The summed E-state index contributed by atoms with van der Waals surface area (Å²) in [5.41, 5.74) is 11.3. The molecule has 0 aromatic rings. The standard InChI is InChI=1S/C10H18N2O2/c1-3-14-9-5-4-8(11)6-10(9,12)7(2)13/h4-7,9,13H,3,11-12H2,1-2H3. The molecule has 80 valence electrons. The summed E-state index contributed by atoms with van der Waals surface area (Å²) in [7, 11) is 0. The van der Waals surface area contributed by atoms with E-state index in [1.807, 2.05) is 6.92 Å². The van der Waals surface area contributed by atoms with Gasteiger partial charge in [0.1, 0.15) is 6.10 Å². The van der Waals surface area contributed by atoms with Crippen molar-refractivity contribution >= 4 is 0 Å². The number of aliphatic hydroxyl groups excluding tert-OH is 1. The van der Waals surface area contributed by atoms with Crippen molar-refractivity contribution in [3.05, 3.63) is 23.9 Å². The fourth-order valence-electron chi connectivity index (χ4n) is 1.52. The summed E-state index contributed by atoms with van der Waals surface area (Å²) in [6.45, 7) is 4.07. The van der Waals surface area contributed by atoms with Gasteiger partial charge >= 0.3 is 0 Å². The van der Waals surface area contributed by atoms with Crippen molar-refractivity contribution in [2.45, 2.75) is 31.6 Å². The summed E-state index contributed by atoms with van der Waals surface area (Å²) in [6, 6.07) is 0. The van der Waals surface area contributed by atoms with Gasteiger partial charge in [0.15, 0.2) is 0 Å². The quantitative estimate of drug-likeness (QED) is 0.590. The maximum Gasteiger partial charge on any atom is 0.100 e. The molecule has 5 N–H and O–H groups in total. The van der Waals surface area contributed by atoms with Crippen molar-refractivity contribution in [3.63, 3.8) is 0 Å². The Bertz CT molecular complexity index is 261. The molecule has 0 radical (unpaired) electrons. The maximum atomic E-state index is 9.61. The summed E-state index contributed by atoms with van der Waals surface area (Å²) >= 11 is 0. The Labute approximate surface area is 84.2 Å². The van der Waals surface area contributed by atoms with Crippen molar-refractivity contribution in [1.82, 2.24) is 0 Å². The van der Waals surface area contributed by atoms with E-state index in [1.165, 1.54) is 0 Å². The highest BCUT2D eigenvalue weighted by atomic mass is 16.5. The lowest BCUT2D eigenvalue weighted by molar-refractivity contribution is 0.000446. The highest BCUT2D eigenvalue weighted by molar-refractivity contribution is 5.32. The van der Waals surface area contributed by atoms with Gasteiger partial charge in [-0.25, -0.2) is 0 Å². The molecule has 0 aliphatic heterocycles. The van der Waals surface area contributed by atoms with Crippen molar-refractivity contribution in [1.29, 1.82) is 0 Å². The van der Waals surface area contributed by atoms with E-state index >= 15 is 0 Å². The first-order chi connectivity index (χ1) is 6.50. The molecule has 0 saturated heterocycles. The summed E-state index contributed by atoms with van der Waals surface area (Å²) in [5.74, 6) is 0. The Morgan fingerprint density at radius 3 is 2.86 bits per heavy atom. The minimum absolute atomic E-state index is 0.320. The van der Waals surface area contributed by atoms with Crippen LogP contribution in [0.25, 0.3) is 0 Å². The molecule has 0 aromatic carbocycles. The van der Waals surface area contributed by atoms with Crippen molar-refractivity contribution in [3.8, 4) is 0 Å². The normalized spacial score (nSPS) is 34.0. The largest absolute Gasteiger partial charge is 0.399 e. The molecule has 0 saturated carbocycles. The molecule has 3 atom stereocenters. The van der Waals surface area contributed by atoms with E-state index in [2.05, 4.69) is 0 Å². The van der Waals surface area contributed by atoms with Gasteiger partial charge in [0, 0.05) is 12.3 Å². The number of rotatable bonds is 3. The zero-order valence-corrected chi connectivity index (χ0v) is 8.60. The van der Waals surface area contributed by atoms with Gasteiger partial charge in [-0.15, -0.1) is 0 Å². The zero-order valence-electron chi connectivity index (χ0n) is 8.60. The Morgan fingerprint density at radius 2 is 2.36 bits per heavy atom. The predicted molar refractivity (Wildman–Crippen MR) is 55.4 cm³/mol. The summed E-state index contributed by atoms with van der Waals surface area (Å²) in [5, 5.41) is 9.61. The first-order valence-electron chi connectivity index (χ1n) is 4.75. The zero-order chi connectivity index (χ0) is 10.8. The maximum absolute atomic E-state index is 9.61.